The van der Waals surface area contributed by atoms with Crippen LogP contribution in [0.5, 0.6) is 5.75 Å². The first-order valence-corrected chi connectivity index (χ1v) is 4.81. The van der Waals surface area contributed by atoms with Gasteiger partial charge in [0.15, 0.2) is 0 Å². The molecule has 1 aromatic rings. The van der Waals surface area contributed by atoms with Gasteiger partial charge in [-0.15, -0.1) is 25.6 Å². The molecule has 2 N–H and O–H groups in total. The lowest BCUT2D eigenvalue weighted by Gasteiger charge is -2.23. The van der Waals surface area contributed by atoms with E-state index < -0.39 is 6.36 Å². The molecule has 0 spiro atoms. The third kappa shape index (κ3) is 4.83. The van der Waals surface area contributed by atoms with E-state index >= 15 is 0 Å². The highest BCUT2D eigenvalue weighted by Crippen LogP contribution is 2.27. The molecule has 0 amide bonds. The largest absolute Gasteiger partial charge is 0.573 e. The molecule has 0 radical (unpaired) electrons. The van der Waals surface area contributed by atoms with Crippen LogP contribution >= 0.6 is 12.4 Å². The van der Waals surface area contributed by atoms with Gasteiger partial charge in [-0.1, -0.05) is 26.0 Å². The number of ether oxygens (including phenoxy) is 1. The van der Waals surface area contributed by atoms with Crippen molar-refractivity contribution in [1.29, 1.82) is 0 Å². The molecule has 0 aliphatic rings. The molecule has 0 aliphatic carbocycles. The van der Waals surface area contributed by atoms with E-state index in [1.807, 2.05) is 13.8 Å². The van der Waals surface area contributed by atoms with Gasteiger partial charge >= 0.3 is 6.36 Å². The molecule has 2 nitrogen and oxygen atoms in total. The molecule has 1 rings (SSSR count). The maximum absolute atomic E-state index is 11.9. The van der Waals surface area contributed by atoms with Crippen molar-refractivity contribution >= 4 is 12.4 Å². The Morgan fingerprint density at radius 2 is 1.59 bits per heavy atom. The second kappa shape index (κ2) is 5.60. The number of hydrogen-bond acceptors (Lipinski definition) is 2. The van der Waals surface area contributed by atoms with Gasteiger partial charge in [0.2, 0.25) is 0 Å². The van der Waals surface area contributed by atoms with Crippen LogP contribution in [0.1, 0.15) is 19.4 Å². The summed E-state index contributed by atoms with van der Waals surface area (Å²) in [6.45, 7) is 4.27. The quantitative estimate of drug-likeness (QED) is 0.914. The SMILES string of the molecule is CC(C)(CN)c1ccc(OC(F)(F)F)cc1.Cl. The summed E-state index contributed by atoms with van der Waals surface area (Å²) in [6, 6.07) is 5.77. The lowest BCUT2D eigenvalue weighted by molar-refractivity contribution is -0.274. The first-order chi connectivity index (χ1) is 7.24. The number of hydrogen-bond donors (Lipinski definition) is 1. The van der Waals surface area contributed by atoms with Gasteiger partial charge in [0.1, 0.15) is 5.75 Å². The lowest BCUT2D eigenvalue weighted by Crippen LogP contribution is -2.28. The fourth-order valence-electron chi connectivity index (χ4n) is 1.23. The molecule has 0 aromatic heterocycles. The van der Waals surface area contributed by atoms with E-state index in [0.717, 1.165) is 5.56 Å². The fourth-order valence-corrected chi connectivity index (χ4v) is 1.23. The summed E-state index contributed by atoms with van der Waals surface area (Å²) < 4.78 is 39.5. The van der Waals surface area contributed by atoms with Crippen molar-refractivity contribution in [3.63, 3.8) is 0 Å². The minimum Gasteiger partial charge on any atom is -0.406 e. The third-order valence-electron chi connectivity index (χ3n) is 2.38. The van der Waals surface area contributed by atoms with Gasteiger partial charge < -0.3 is 10.5 Å². The van der Waals surface area contributed by atoms with Crippen LogP contribution in [0.25, 0.3) is 0 Å². The minimum absolute atomic E-state index is 0. The van der Waals surface area contributed by atoms with E-state index in [2.05, 4.69) is 4.74 Å². The van der Waals surface area contributed by atoms with Crippen LogP contribution < -0.4 is 10.5 Å². The van der Waals surface area contributed by atoms with Crippen molar-refractivity contribution in [2.24, 2.45) is 5.73 Å². The highest BCUT2D eigenvalue weighted by molar-refractivity contribution is 5.85. The average Bonchev–Trinajstić information content (AvgIpc) is 2.16. The highest BCUT2D eigenvalue weighted by atomic mass is 35.5. The summed E-state index contributed by atoms with van der Waals surface area (Å²) in [4.78, 5) is 0. The van der Waals surface area contributed by atoms with Crippen molar-refractivity contribution < 1.29 is 17.9 Å². The number of nitrogens with two attached hydrogens (primary N) is 1. The Labute approximate surface area is 104 Å². The first-order valence-electron chi connectivity index (χ1n) is 4.81. The summed E-state index contributed by atoms with van der Waals surface area (Å²) in [6.07, 6.45) is -4.65. The molecule has 6 heteroatoms. The highest BCUT2D eigenvalue weighted by Gasteiger charge is 2.31. The Hall–Kier alpha value is -0.940. The van der Waals surface area contributed by atoms with Crippen molar-refractivity contribution in [1.82, 2.24) is 0 Å². The van der Waals surface area contributed by atoms with E-state index in [-0.39, 0.29) is 23.6 Å². The third-order valence-corrected chi connectivity index (χ3v) is 2.38. The Morgan fingerprint density at radius 3 is 1.94 bits per heavy atom. The van der Waals surface area contributed by atoms with Gasteiger partial charge in [-0.05, 0) is 17.7 Å². The van der Waals surface area contributed by atoms with Crippen LogP contribution in [-0.2, 0) is 5.41 Å². The van der Waals surface area contributed by atoms with Crippen molar-refractivity contribution in [3.05, 3.63) is 29.8 Å². The molecular weight excluding hydrogens is 255 g/mol. The fraction of sp³-hybridized carbons (Fsp3) is 0.455. The molecule has 17 heavy (non-hydrogen) atoms. The van der Waals surface area contributed by atoms with Crippen LogP contribution in [0, 0.1) is 0 Å². The van der Waals surface area contributed by atoms with Gasteiger partial charge in [-0.3, -0.25) is 0 Å². The van der Waals surface area contributed by atoms with Crippen LogP contribution in [0.15, 0.2) is 24.3 Å². The Kier molecular flexibility index (Phi) is 5.29. The summed E-state index contributed by atoms with van der Waals surface area (Å²) in [5.74, 6) is -0.218. The van der Waals surface area contributed by atoms with Gasteiger partial charge in [0.05, 0.1) is 0 Å². The average molecular weight is 270 g/mol. The molecule has 0 saturated heterocycles. The topological polar surface area (TPSA) is 35.2 Å². The minimum atomic E-state index is -4.65. The Balaban J connectivity index is 0.00000256. The van der Waals surface area contributed by atoms with Crippen LogP contribution in [0.2, 0.25) is 0 Å². The molecule has 0 heterocycles. The standard InChI is InChI=1S/C11H14F3NO.ClH/c1-10(2,7-15)8-3-5-9(6-4-8)16-11(12,13)14;/h3-6H,7,15H2,1-2H3;1H. The number of benzene rings is 1. The smallest absolute Gasteiger partial charge is 0.406 e. The predicted octanol–water partition coefficient (Wildman–Crippen LogP) is 3.24. The Bertz CT molecular complexity index is 349. The maximum Gasteiger partial charge on any atom is 0.573 e. The summed E-state index contributed by atoms with van der Waals surface area (Å²) in [5.41, 5.74) is 6.19. The van der Waals surface area contributed by atoms with Gasteiger partial charge in [-0.25, -0.2) is 0 Å². The zero-order chi connectivity index (χ0) is 12.4. The normalized spacial score (nSPS) is 11.9. The monoisotopic (exact) mass is 269 g/mol. The zero-order valence-electron chi connectivity index (χ0n) is 9.54. The van der Waals surface area contributed by atoms with Crippen LogP contribution in [0.4, 0.5) is 13.2 Å². The molecule has 0 atom stereocenters. The summed E-state index contributed by atoms with van der Waals surface area (Å²) in [5, 5.41) is 0. The van der Waals surface area contributed by atoms with Crippen LogP contribution in [-0.4, -0.2) is 12.9 Å². The van der Waals surface area contributed by atoms with Crippen molar-refractivity contribution in [3.8, 4) is 5.75 Å². The summed E-state index contributed by atoms with van der Waals surface area (Å²) in [7, 11) is 0. The molecule has 0 saturated carbocycles. The number of rotatable bonds is 3. The number of halogens is 4. The molecule has 0 bridgehead atoms. The van der Waals surface area contributed by atoms with E-state index in [9.17, 15) is 13.2 Å². The van der Waals surface area contributed by atoms with E-state index in [0.29, 0.717) is 6.54 Å². The van der Waals surface area contributed by atoms with E-state index in [1.165, 1.54) is 12.1 Å². The Morgan fingerprint density at radius 1 is 1.12 bits per heavy atom. The molecule has 0 unspecified atom stereocenters. The van der Waals surface area contributed by atoms with Gasteiger partial charge in [-0.2, -0.15) is 0 Å². The van der Waals surface area contributed by atoms with Gasteiger partial charge in [0.25, 0.3) is 0 Å². The van der Waals surface area contributed by atoms with Gasteiger partial charge in [0, 0.05) is 12.0 Å². The molecule has 0 aliphatic heterocycles. The first kappa shape index (κ1) is 16.1. The van der Waals surface area contributed by atoms with Crippen molar-refractivity contribution in [2.75, 3.05) is 6.54 Å². The molecular formula is C11H15ClF3NO. The summed E-state index contributed by atoms with van der Waals surface area (Å²) >= 11 is 0. The van der Waals surface area contributed by atoms with E-state index in [4.69, 9.17) is 5.73 Å². The maximum atomic E-state index is 11.9. The molecule has 0 fully saturated rings. The second-order valence-corrected chi connectivity index (χ2v) is 4.16. The molecule has 1 aromatic carbocycles. The number of alkyl halides is 3. The second-order valence-electron chi connectivity index (χ2n) is 4.16. The molecule has 98 valence electrons. The van der Waals surface area contributed by atoms with Crippen LogP contribution in [0.3, 0.4) is 0 Å². The lowest BCUT2D eigenvalue weighted by atomic mass is 9.85. The van der Waals surface area contributed by atoms with E-state index in [1.54, 1.807) is 12.1 Å². The zero-order valence-corrected chi connectivity index (χ0v) is 10.4. The van der Waals surface area contributed by atoms with Crippen molar-refractivity contribution in [2.45, 2.75) is 25.6 Å². The predicted molar refractivity (Wildman–Crippen MR) is 62.5 cm³/mol.